The third-order valence-corrected chi connectivity index (χ3v) is 3.95. The predicted molar refractivity (Wildman–Crippen MR) is 76.9 cm³/mol. The summed E-state index contributed by atoms with van der Waals surface area (Å²) in [6, 6.07) is 3.31. The Balaban J connectivity index is 1.76. The molecule has 6 heteroatoms. The maximum absolute atomic E-state index is 11.9. The molecule has 3 N–H and O–H groups in total. The fourth-order valence-corrected chi connectivity index (χ4v) is 2.67. The van der Waals surface area contributed by atoms with Crippen molar-refractivity contribution in [3.8, 4) is 0 Å². The number of carbonyl (C=O) groups is 2. The monoisotopic (exact) mass is 294 g/mol. The molecule has 21 heavy (non-hydrogen) atoms. The first-order valence-corrected chi connectivity index (χ1v) is 7.32. The minimum atomic E-state index is -0.736. The van der Waals surface area contributed by atoms with Gasteiger partial charge in [-0.3, -0.25) is 4.79 Å². The summed E-state index contributed by atoms with van der Waals surface area (Å²) in [4.78, 5) is 22.8. The van der Waals surface area contributed by atoms with E-state index in [1.165, 1.54) is 0 Å². The van der Waals surface area contributed by atoms with Crippen LogP contribution in [0, 0.1) is 12.8 Å². The largest absolute Gasteiger partial charge is 0.481 e. The molecule has 1 aliphatic carbocycles. The van der Waals surface area contributed by atoms with E-state index in [2.05, 4.69) is 10.6 Å². The number of urea groups is 1. The highest BCUT2D eigenvalue weighted by atomic mass is 16.4. The second-order valence-electron chi connectivity index (χ2n) is 5.67. The molecule has 1 unspecified atom stereocenters. The molecule has 0 radical (unpaired) electrons. The van der Waals surface area contributed by atoms with Crippen LogP contribution in [0.4, 0.5) is 4.79 Å². The van der Waals surface area contributed by atoms with Gasteiger partial charge in [0.1, 0.15) is 11.5 Å². The highest BCUT2D eigenvalue weighted by Crippen LogP contribution is 2.24. The summed E-state index contributed by atoms with van der Waals surface area (Å²) < 4.78 is 5.47. The number of nitrogens with one attached hydrogen (secondary N) is 2. The lowest BCUT2D eigenvalue weighted by Crippen LogP contribution is -2.44. The summed E-state index contributed by atoms with van der Waals surface area (Å²) in [7, 11) is 0. The van der Waals surface area contributed by atoms with Gasteiger partial charge in [-0.25, -0.2) is 4.79 Å². The lowest BCUT2D eigenvalue weighted by atomic mass is 9.86. The smallest absolute Gasteiger partial charge is 0.315 e. The van der Waals surface area contributed by atoms with Crippen LogP contribution in [0.3, 0.4) is 0 Å². The third kappa shape index (κ3) is 4.24. The van der Waals surface area contributed by atoms with Crippen LogP contribution < -0.4 is 10.6 Å². The molecule has 1 saturated carbocycles. The van der Waals surface area contributed by atoms with Crippen LogP contribution in [0.25, 0.3) is 0 Å². The molecule has 1 atom stereocenters. The van der Waals surface area contributed by atoms with Crippen LogP contribution in [0.15, 0.2) is 16.5 Å². The fraction of sp³-hybridized carbons (Fsp3) is 0.600. The third-order valence-electron chi connectivity index (χ3n) is 3.95. The van der Waals surface area contributed by atoms with Gasteiger partial charge in [-0.15, -0.1) is 0 Å². The van der Waals surface area contributed by atoms with Crippen LogP contribution >= 0.6 is 0 Å². The molecule has 116 valence electrons. The standard InChI is InChI=1S/C15H22N2O4/c1-9-3-8-13(21-9)10(2)16-15(20)17-12-6-4-11(5-7-12)14(18)19/h3,8,10-12H,4-7H2,1-2H3,(H,18,19)(H2,16,17,20). The summed E-state index contributed by atoms with van der Waals surface area (Å²) in [6.07, 6.45) is 2.65. The molecule has 1 aromatic rings. The summed E-state index contributed by atoms with van der Waals surface area (Å²) in [5.41, 5.74) is 0. The van der Waals surface area contributed by atoms with E-state index in [1.54, 1.807) is 0 Å². The molecular formula is C15H22N2O4. The average molecular weight is 294 g/mol. The Morgan fingerprint density at radius 1 is 1.29 bits per heavy atom. The normalized spacial score (nSPS) is 23.3. The predicted octanol–water partition coefficient (Wildman–Crippen LogP) is 2.59. The van der Waals surface area contributed by atoms with Gasteiger partial charge in [0.2, 0.25) is 0 Å². The minimum Gasteiger partial charge on any atom is -0.481 e. The lowest BCUT2D eigenvalue weighted by Gasteiger charge is -2.27. The van der Waals surface area contributed by atoms with Crippen molar-refractivity contribution in [1.82, 2.24) is 10.6 Å². The van der Waals surface area contributed by atoms with E-state index in [-0.39, 0.29) is 24.0 Å². The molecule has 2 amide bonds. The highest BCUT2D eigenvalue weighted by Gasteiger charge is 2.27. The van der Waals surface area contributed by atoms with Crippen LogP contribution in [0.2, 0.25) is 0 Å². The maximum Gasteiger partial charge on any atom is 0.315 e. The first-order valence-electron chi connectivity index (χ1n) is 7.32. The van der Waals surface area contributed by atoms with E-state index >= 15 is 0 Å². The van der Waals surface area contributed by atoms with Gasteiger partial charge in [0.05, 0.1) is 12.0 Å². The zero-order chi connectivity index (χ0) is 15.4. The van der Waals surface area contributed by atoms with Crippen molar-refractivity contribution in [2.24, 2.45) is 5.92 Å². The number of hydrogen-bond acceptors (Lipinski definition) is 3. The zero-order valence-electron chi connectivity index (χ0n) is 12.4. The molecule has 0 aliphatic heterocycles. The number of carboxylic acids is 1. The Morgan fingerprint density at radius 3 is 2.48 bits per heavy atom. The second-order valence-corrected chi connectivity index (χ2v) is 5.67. The van der Waals surface area contributed by atoms with Gasteiger partial charge in [0.15, 0.2) is 0 Å². The van der Waals surface area contributed by atoms with Gasteiger partial charge in [-0.2, -0.15) is 0 Å². The molecule has 1 heterocycles. The topological polar surface area (TPSA) is 91.6 Å². The van der Waals surface area contributed by atoms with Crippen LogP contribution in [0.1, 0.15) is 50.2 Å². The van der Waals surface area contributed by atoms with Crippen molar-refractivity contribution in [3.05, 3.63) is 23.7 Å². The fourth-order valence-electron chi connectivity index (χ4n) is 2.67. The lowest BCUT2D eigenvalue weighted by molar-refractivity contribution is -0.142. The molecule has 0 saturated heterocycles. The van der Waals surface area contributed by atoms with Crippen molar-refractivity contribution in [1.29, 1.82) is 0 Å². The summed E-state index contributed by atoms with van der Waals surface area (Å²) in [5, 5.41) is 14.7. The van der Waals surface area contributed by atoms with Gasteiger partial charge in [0.25, 0.3) is 0 Å². The van der Waals surface area contributed by atoms with Crippen molar-refractivity contribution < 1.29 is 19.1 Å². The Labute approximate surface area is 123 Å². The van der Waals surface area contributed by atoms with E-state index in [9.17, 15) is 9.59 Å². The van der Waals surface area contributed by atoms with Crippen LogP contribution in [-0.4, -0.2) is 23.1 Å². The van der Waals surface area contributed by atoms with Crippen LogP contribution in [-0.2, 0) is 4.79 Å². The van der Waals surface area contributed by atoms with E-state index in [0.29, 0.717) is 25.7 Å². The van der Waals surface area contributed by atoms with E-state index in [4.69, 9.17) is 9.52 Å². The first-order chi connectivity index (χ1) is 9.95. The number of hydrogen-bond donors (Lipinski definition) is 3. The number of furan rings is 1. The second kappa shape index (κ2) is 6.65. The molecule has 0 spiro atoms. The first kappa shape index (κ1) is 15.4. The number of carboxylic acid groups (broad SMARTS) is 1. The molecule has 2 rings (SSSR count). The molecule has 6 nitrogen and oxygen atoms in total. The number of aliphatic carboxylic acids is 1. The molecule has 0 bridgehead atoms. The molecule has 1 aromatic heterocycles. The van der Waals surface area contributed by atoms with Crippen molar-refractivity contribution in [2.75, 3.05) is 0 Å². The average Bonchev–Trinajstić information content (AvgIpc) is 2.86. The highest BCUT2D eigenvalue weighted by molar-refractivity contribution is 5.74. The maximum atomic E-state index is 11.9. The van der Waals surface area contributed by atoms with Gasteiger partial charge in [0, 0.05) is 6.04 Å². The molecular weight excluding hydrogens is 272 g/mol. The number of carbonyl (C=O) groups excluding carboxylic acids is 1. The SMILES string of the molecule is Cc1ccc(C(C)NC(=O)NC2CCC(C(=O)O)CC2)o1. The Morgan fingerprint density at radius 2 is 1.95 bits per heavy atom. The van der Waals surface area contributed by atoms with E-state index in [1.807, 2.05) is 26.0 Å². The number of aryl methyl sites for hydroxylation is 1. The number of amides is 2. The summed E-state index contributed by atoms with van der Waals surface area (Å²) in [5.74, 6) is 0.527. The van der Waals surface area contributed by atoms with E-state index in [0.717, 1.165) is 11.5 Å². The molecule has 1 fully saturated rings. The molecule has 1 aliphatic rings. The summed E-state index contributed by atoms with van der Waals surface area (Å²) >= 11 is 0. The summed E-state index contributed by atoms with van der Waals surface area (Å²) in [6.45, 7) is 3.72. The van der Waals surface area contributed by atoms with Gasteiger partial charge in [-0.1, -0.05) is 0 Å². The Hall–Kier alpha value is -1.98. The number of rotatable bonds is 4. The Bertz CT molecular complexity index is 504. The van der Waals surface area contributed by atoms with Gasteiger partial charge in [-0.05, 0) is 51.7 Å². The molecule has 0 aromatic carbocycles. The van der Waals surface area contributed by atoms with Gasteiger partial charge >= 0.3 is 12.0 Å². The zero-order valence-corrected chi connectivity index (χ0v) is 12.4. The van der Waals surface area contributed by atoms with Crippen molar-refractivity contribution in [2.45, 2.75) is 51.6 Å². The minimum absolute atomic E-state index is 0.0473. The van der Waals surface area contributed by atoms with Crippen molar-refractivity contribution in [3.63, 3.8) is 0 Å². The van der Waals surface area contributed by atoms with E-state index < -0.39 is 5.97 Å². The van der Waals surface area contributed by atoms with Crippen LogP contribution in [0.5, 0.6) is 0 Å². The Kier molecular flexibility index (Phi) is 4.88. The quantitative estimate of drug-likeness (QED) is 0.796. The van der Waals surface area contributed by atoms with Crippen molar-refractivity contribution >= 4 is 12.0 Å². The van der Waals surface area contributed by atoms with Gasteiger partial charge < -0.3 is 20.2 Å².